The van der Waals surface area contributed by atoms with Crippen LogP contribution in [0.5, 0.6) is 0 Å². The Morgan fingerprint density at radius 2 is 1.15 bits per heavy atom. The second-order valence-electron chi connectivity index (χ2n) is 7.05. The summed E-state index contributed by atoms with van der Waals surface area (Å²) < 4.78 is 39.3. The van der Waals surface area contributed by atoms with E-state index in [9.17, 15) is 0 Å². The molecule has 0 fully saturated rings. The van der Waals surface area contributed by atoms with Crippen molar-refractivity contribution >= 4 is 48.7 Å². The Labute approximate surface area is 171 Å². The number of nitrogens with zero attached hydrogens (tertiary/aromatic N) is 2. The molecule has 7 heteroatoms. The number of fused-ring (bicyclic) bond motifs is 1. The van der Waals surface area contributed by atoms with Crippen LogP contribution < -0.4 is 0 Å². The molecule has 0 amide bonds. The van der Waals surface area contributed by atoms with Crippen molar-refractivity contribution < 1.29 is 8.78 Å². The van der Waals surface area contributed by atoms with Gasteiger partial charge in [0.15, 0.2) is 0 Å². The third-order valence-corrected chi connectivity index (χ3v) is 8.39. The van der Waals surface area contributed by atoms with Crippen molar-refractivity contribution in [2.45, 2.75) is 39.5 Å². The molecule has 0 unspecified atom stereocenters. The number of rotatable bonds is 4. The van der Waals surface area contributed by atoms with Crippen LogP contribution in [-0.2, 0) is 0 Å². The summed E-state index contributed by atoms with van der Waals surface area (Å²) in [6.45, 7) is 8.36. The van der Waals surface area contributed by atoms with Gasteiger partial charge in [-0.25, -0.2) is 0 Å². The van der Waals surface area contributed by atoms with E-state index in [0.29, 0.717) is 32.6 Å². The standard InChI is InChI=1S/C20H18F2N2S2Se/c1-9(2)11-5-7-13(25-11)15-17(21)18(22)16(20-19(15)23-27-24-20)14-8-6-12(26-14)10(3)4/h5-10H,1-4H3. The van der Waals surface area contributed by atoms with Crippen LogP contribution in [0.15, 0.2) is 24.3 Å². The molecule has 0 saturated heterocycles. The van der Waals surface area contributed by atoms with Crippen LogP contribution in [0.2, 0.25) is 0 Å². The minimum atomic E-state index is -0.822. The molecule has 3 heterocycles. The molecule has 0 saturated carbocycles. The van der Waals surface area contributed by atoms with E-state index < -0.39 is 11.6 Å². The first-order chi connectivity index (χ1) is 12.9. The van der Waals surface area contributed by atoms with Gasteiger partial charge in [-0.05, 0) is 0 Å². The summed E-state index contributed by atoms with van der Waals surface area (Å²) in [6, 6.07) is 7.68. The Kier molecular flexibility index (Phi) is 5.06. The van der Waals surface area contributed by atoms with E-state index in [0.717, 1.165) is 9.75 Å². The molecule has 0 aliphatic rings. The maximum absolute atomic E-state index is 15.2. The summed E-state index contributed by atoms with van der Waals surface area (Å²) in [5.41, 5.74) is 1.51. The first kappa shape index (κ1) is 18.9. The predicted molar refractivity (Wildman–Crippen MR) is 111 cm³/mol. The fourth-order valence-electron chi connectivity index (χ4n) is 2.99. The van der Waals surface area contributed by atoms with Gasteiger partial charge < -0.3 is 0 Å². The van der Waals surface area contributed by atoms with Gasteiger partial charge in [0, 0.05) is 0 Å². The molecule has 0 aliphatic carbocycles. The van der Waals surface area contributed by atoms with Crippen LogP contribution in [0.4, 0.5) is 8.78 Å². The van der Waals surface area contributed by atoms with Gasteiger partial charge in [0.05, 0.1) is 0 Å². The molecule has 2 nitrogen and oxygen atoms in total. The number of hydrogen-bond acceptors (Lipinski definition) is 4. The molecule has 0 radical (unpaired) electrons. The van der Waals surface area contributed by atoms with Gasteiger partial charge in [0.1, 0.15) is 0 Å². The quantitative estimate of drug-likeness (QED) is 0.313. The van der Waals surface area contributed by atoms with Crippen molar-refractivity contribution in [3.05, 3.63) is 45.7 Å². The van der Waals surface area contributed by atoms with Crippen molar-refractivity contribution in [3.63, 3.8) is 0 Å². The molecule has 3 aromatic heterocycles. The van der Waals surface area contributed by atoms with Gasteiger partial charge >= 0.3 is 171 Å². The Bertz CT molecular complexity index is 1040. The Hall–Kier alpha value is -1.40. The van der Waals surface area contributed by atoms with Gasteiger partial charge in [-0.3, -0.25) is 0 Å². The minimum absolute atomic E-state index is 0.256. The van der Waals surface area contributed by atoms with E-state index in [1.54, 1.807) is 0 Å². The summed E-state index contributed by atoms with van der Waals surface area (Å²) in [5.74, 6) is -0.958. The van der Waals surface area contributed by atoms with Crippen molar-refractivity contribution in [2.75, 3.05) is 0 Å². The van der Waals surface area contributed by atoms with Crippen LogP contribution in [0.25, 0.3) is 31.9 Å². The average Bonchev–Trinajstić information content (AvgIpc) is 3.35. The predicted octanol–water partition coefficient (Wildman–Crippen LogP) is 6.67. The number of halogens is 2. The molecule has 4 rings (SSSR count). The van der Waals surface area contributed by atoms with Gasteiger partial charge in [-0.2, -0.15) is 0 Å². The van der Waals surface area contributed by atoms with E-state index in [-0.39, 0.29) is 26.1 Å². The Balaban J connectivity index is 1.96. The molecular formula is C20H18F2N2S2Se. The molecular weight excluding hydrogens is 449 g/mol. The zero-order chi connectivity index (χ0) is 19.3. The van der Waals surface area contributed by atoms with E-state index in [4.69, 9.17) is 0 Å². The molecule has 0 aliphatic heterocycles. The molecule has 27 heavy (non-hydrogen) atoms. The van der Waals surface area contributed by atoms with E-state index in [2.05, 4.69) is 35.7 Å². The van der Waals surface area contributed by atoms with Crippen LogP contribution in [-0.4, -0.2) is 22.9 Å². The summed E-state index contributed by atoms with van der Waals surface area (Å²) in [7, 11) is 0. The maximum atomic E-state index is 15.2. The van der Waals surface area contributed by atoms with Gasteiger partial charge in [0.25, 0.3) is 0 Å². The number of benzene rings is 1. The first-order valence-corrected chi connectivity index (χ1v) is 11.9. The third-order valence-electron chi connectivity index (χ3n) is 4.48. The van der Waals surface area contributed by atoms with E-state index in [1.807, 2.05) is 24.3 Å². The average molecular weight is 467 g/mol. The van der Waals surface area contributed by atoms with Crippen molar-refractivity contribution in [1.29, 1.82) is 0 Å². The number of hydrogen-bond donors (Lipinski definition) is 0. The fraction of sp³-hybridized carbons (Fsp3) is 0.300. The normalized spacial score (nSPS) is 12.0. The summed E-state index contributed by atoms with van der Waals surface area (Å²) >= 11 is 2.62. The molecule has 0 spiro atoms. The SMILES string of the molecule is CC(C)c1ccc(-c2c(F)c(F)c(-c3ccc(C(C)C)s3)c3n[se]nc23)s1. The van der Waals surface area contributed by atoms with Crippen LogP contribution in [0.3, 0.4) is 0 Å². The fourth-order valence-corrected chi connectivity index (χ4v) is 6.26. The Morgan fingerprint density at radius 3 is 1.48 bits per heavy atom. The second-order valence-corrected chi connectivity index (χ2v) is 10.4. The number of aromatic nitrogens is 2. The molecule has 0 bridgehead atoms. The third kappa shape index (κ3) is 3.21. The molecule has 0 atom stereocenters. The van der Waals surface area contributed by atoms with E-state index in [1.165, 1.54) is 22.7 Å². The molecule has 140 valence electrons. The molecule has 4 aromatic rings. The van der Waals surface area contributed by atoms with Crippen molar-refractivity contribution in [1.82, 2.24) is 7.96 Å². The molecule has 0 N–H and O–H groups in total. The van der Waals surface area contributed by atoms with E-state index >= 15 is 8.78 Å². The van der Waals surface area contributed by atoms with Crippen LogP contribution in [0, 0.1) is 11.6 Å². The topological polar surface area (TPSA) is 25.8 Å². The number of thiophene rings is 2. The first-order valence-electron chi connectivity index (χ1n) is 8.71. The van der Waals surface area contributed by atoms with Gasteiger partial charge in [0.2, 0.25) is 0 Å². The zero-order valence-corrected chi connectivity index (χ0v) is 18.7. The Morgan fingerprint density at radius 1 is 0.741 bits per heavy atom. The van der Waals surface area contributed by atoms with Crippen LogP contribution >= 0.6 is 22.7 Å². The summed E-state index contributed by atoms with van der Waals surface area (Å²) in [5, 5.41) is 0. The second kappa shape index (κ2) is 7.21. The van der Waals surface area contributed by atoms with Gasteiger partial charge in [-0.1, -0.05) is 0 Å². The van der Waals surface area contributed by atoms with Gasteiger partial charge in [-0.15, -0.1) is 0 Å². The van der Waals surface area contributed by atoms with Crippen LogP contribution in [0.1, 0.15) is 49.3 Å². The summed E-state index contributed by atoms with van der Waals surface area (Å²) in [4.78, 5) is 3.71. The summed E-state index contributed by atoms with van der Waals surface area (Å²) in [6.07, 6.45) is 0. The molecule has 1 aromatic carbocycles. The van der Waals surface area contributed by atoms with Crippen molar-refractivity contribution in [2.24, 2.45) is 0 Å². The van der Waals surface area contributed by atoms with Crippen molar-refractivity contribution in [3.8, 4) is 20.9 Å². The zero-order valence-electron chi connectivity index (χ0n) is 15.3. The monoisotopic (exact) mass is 468 g/mol.